The van der Waals surface area contributed by atoms with Crippen LogP contribution in [-0.4, -0.2) is 11.6 Å². The molecule has 0 aromatic carbocycles. The maximum Gasteiger partial charge on any atom is 0.162 e. The van der Waals surface area contributed by atoms with E-state index in [1.807, 2.05) is 6.92 Å². The monoisotopic (exact) mass is 244 g/mol. The van der Waals surface area contributed by atoms with Gasteiger partial charge in [-0.05, 0) is 37.7 Å². The number of hydrogen-bond acceptors (Lipinski definition) is 2. The summed E-state index contributed by atoms with van der Waals surface area (Å²) in [5, 5.41) is 0. The third-order valence-corrected chi connectivity index (χ3v) is 4.99. The molecule has 2 heteroatoms. The summed E-state index contributed by atoms with van der Waals surface area (Å²) < 4.78 is 0. The molecule has 1 spiro atoms. The largest absolute Gasteiger partial charge is 0.299 e. The number of fused-ring (bicyclic) bond motifs is 1. The SMILES string of the molecule is CC1=CC[C@]23C[C@H]1C(=O)C=C2CC(C)(C)CC3=O. The Bertz CT molecular complexity index is 507. The summed E-state index contributed by atoms with van der Waals surface area (Å²) in [4.78, 5) is 24.8. The van der Waals surface area contributed by atoms with E-state index in [0.29, 0.717) is 12.2 Å². The lowest BCUT2D eigenvalue weighted by Crippen LogP contribution is -2.48. The molecule has 2 nitrogen and oxygen atoms in total. The first-order chi connectivity index (χ1) is 8.34. The minimum absolute atomic E-state index is 0.0114. The van der Waals surface area contributed by atoms with Gasteiger partial charge in [0, 0.05) is 12.3 Å². The van der Waals surface area contributed by atoms with Crippen LogP contribution in [0.3, 0.4) is 0 Å². The molecule has 0 N–H and O–H groups in total. The van der Waals surface area contributed by atoms with E-state index in [1.165, 1.54) is 0 Å². The molecule has 2 atom stereocenters. The van der Waals surface area contributed by atoms with Crippen LogP contribution in [-0.2, 0) is 9.59 Å². The van der Waals surface area contributed by atoms with E-state index in [4.69, 9.17) is 0 Å². The highest BCUT2D eigenvalue weighted by molar-refractivity contribution is 6.01. The van der Waals surface area contributed by atoms with E-state index in [9.17, 15) is 9.59 Å². The number of allylic oxidation sites excluding steroid dienone is 4. The highest BCUT2D eigenvalue weighted by Crippen LogP contribution is 2.56. The van der Waals surface area contributed by atoms with Crippen LogP contribution in [0.5, 0.6) is 0 Å². The average molecular weight is 244 g/mol. The maximum atomic E-state index is 12.6. The zero-order valence-electron chi connectivity index (χ0n) is 11.4. The van der Waals surface area contributed by atoms with Crippen LogP contribution in [0.15, 0.2) is 23.3 Å². The van der Waals surface area contributed by atoms with Gasteiger partial charge in [-0.1, -0.05) is 31.1 Å². The highest BCUT2D eigenvalue weighted by atomic mass is 16.1. The smallest absolute Gasteiger partial charge is 0.162 e. The van der Waals surface area contributed by atoms with Gasteiger partial charge in [0.1, 0.15) is 5.78 Å². The summed E-state index contributed by atoms with van der Waals surface area (Å²) in [7, 11) is 0. The molecule has 2 bridgehead atoms. The Balaban J connectivity index is 2.11. The van der Waals surface area contributed by atoms with Crippen molar-refractivity contribution in [1.29, 1.82) is 0 Å². The van der Waals surface area contributed by atoms with E-state index in [-0.39, 0.29) is 22.5 Å². The minimum atomic E-state index is -0.326. The lowest BCUT2D eigenvalue weighted by Gasteiger charge is -2.49. The predicted octanol–water partition coefficient (Wildman–Crippen LogP) is 3.23. The third kappa shape index (κ3) is 1.47. The van der Waals surface area contributed by atoms with Gasteiger partial charge < -0.3 is 0 Å². The number of rotatable bonds is 0. The van der Waals surface area contributed by atoms with Gasteiger partial charge in [0.15, 0.2) is 5.78 Å². The lowest BCUT2D eigenvalue weighted by atomic mass is 9.52. The Morgan fingerprint density at radius 2 is 1.94 bits per heavy atom. The van der Waals surface area contributed by atoms with Crippen LogP contribution in [0.2, 0.25) is 0 Å². The molecule has 1 saturated carbocycles. The first-order valence-electron chi connectivity index (χ1n) is 6.79. The standard InChI is InChI=1S/C16H20O2/c1-10-4-5-16-8-12(10)13(17)6-11(16)7-15(2,3)9-14(16)18/h4,6,12H,5,7-9H2,1-3H3/t12-,16+/m1/s1. The third-order valence-electron chi connectivity index (χ3n) is 4.99. The van der Waals surface area contributed by atoms with Gasteiger partial charge in [0.05, 0.1) is 5.41 Å². The highest BCUT2D eigenvalue weighted by Gasteiger charge is 2.53. The van der Waals surface area contributed by atoms with E-state index >= 15 is 0 Å². The van der Waals surface area contributed by atoms with Crippen molar-refractivity contribution >= 4 is 11.6 Å². The molecule has 0 aliphatic heterocycles. The van der Waals surface area contributed by atoms with Crippen molar-refractivity contribution < 1.29 is 9.59 Å². The number of hydrogen-bond donors (Lipinski definition) is 0. The van der Waals surface area contributed by atoms with Crippen LogP contribution in [0.25, 0.3) is 0 Å². The first kappa shape index (κ1) is 11.9. The van der Waals surface area contributed by atoms with E-state index in [0.717, 1.165) is 30.4 Å². The van der Waals surface area contributed by atoms with Gasteiger partial charge in [-0.25, -0.2) is 0 Å². The zero-order chi connectivity index (χ0) is 13.1. The topological polar surface area (TPSA) is 34.1 Å². The van der Waals surface area contributed by atoms with Crippen LogP contribution in [0, 0.1) is 16.7 Å². The number of carbonyl (C=O) groups is 2. The van der Waals surface area contributed by atoms with Gasteiger partial charge in [0.25, 0.3) is 0 Å². The number of Topliss-reactive ketones (excluding diaryl/α,β-unsaturated/α-hetero) is 1. The maximum absolute atomic E-state index is 12.6. The first-order valence-corrected chi connectivity index (χ1v) is 6.79. The molecule has 96 valence electrons. The normalized spacial score (nSPS) is 37.8. The Morgan fingerprint density at radius 3 is 2.67 bits per heavy atom. The zero-order valence-corrected chi connectivity index (χ0v) is 11.4. The summed E-state index contributed by atoms with van der Waals surface area (Å²) in [5.74, 6) is 0.526. The molecular formula is C16H20O2. The molecule has 0 aromatic rings. The molecule has 3 aliphatic rings. The summed E-state index contributed by atoms with van der Waals surface area (Å²) in [6.07, 6.45) is 7.00. The van der Waals surface area contributed by atoms with Crippen molar-refractivity contribution in [1.82, 2.24) is 0 Å². The molecule has 0 radical (unpaired) electrons. The number of carbonyl (C=O) groups excluding carboxylic acids is 2. The second-order valence-corrected chi connectivity index (χ2v) is 7.00. The van der Waals surface area contributed by atoms with Gasteiger partial charge >= 0.3 is 0 Å². The Labute approximate surface area is 108 Å². The predicted molar refractivity (Wildman–Crippen MR) is 70.0 cm³/mol. The Morgan fingerprint density at radius 1 is 1.22 bits per heavy atom. The Hall–Kier alpha value is -1.18. The summed E-state index contributed by atoms with van der Waals surface area (Å²) >= 11 is 0. The summed E-state index contributed by atoms with van der Waals surface area (Å²) in [6, 6.07) is 0. The van der Waals surface area contributed by atoms with Crippen molar-refractivity contribution in [2.45, 2.75) is 46.5 Å². The van der Waals surface area contributed by atoms with Crippen molar-refractivity contribution in [2.24, 2.45) is 16.7 Å². The second kappa shape index (κ2) is 3.43. The fourth-order valence-corrected chi connectivity index (χ4v) is 3.88. The lowest BCUT2D eigenvalue weighted by molar-refractivity contribution is -0.134. The van der Waals surface area contributed by atoms with Crippen molar-refractivity contribution in [3.8, 4) is 0 Å². The molecule has 0 unspecified atom stereocenters. The summed E-state index contributed by atoms with van der Waals surface area (Å²) in [5.41, 5.74) is 1.94. The quantitative estimate of drug-likeness (QED) is 0.613. The molecule has 3 rings (SSSR count). The van der Waals surface area contributed by atoms with Gasteiger partial charge in [-0.3, -0.25) is 9.59 Å². The molecule has 18 heavy (non-hydrogen) atoms. The fraction of sp³-hybridized carbons (Fsp3) is 0.625. The van der Waals surface area contributed by atoms with Crippen molar-refractivity contribution in [3.63, 3.8) is 0 Å². The molecule has 0 heterocycles. The van der Waals surface area contributed by atoms with E-state index in [2.05, 4.69) is 19.9 Å². The molecule has 1 fully saturated rings. The molecular weight excluding hydrogens is 224 g/mol. The van der Waals surface area contributed by atoms with Crippen molar-refractivity contribution in [2.75, 3.05) is 0 Å². The summed E-state index contributed by atoms with van der Waals surface area (Å²) in [6.45, 7) is 6.27. The molecule has 0 amide bonds. The molecule has 0 saturated heterocycles. The Kier molecular flexibility index (Phi) is 2.27. The van der Waals surface area contributed by atoms with E-state index < -0.39 is 0 Å². The number of ketones is 2. The van der Waals surface area contributed by atoms with Crippen molar-refractivity contribution in [3.05, 3.63) is 23.3 Å². The van der Waals surface area contributed by atoms with Gasteiger partial charge in [0.2, 0.25) is 0 Å². The molecule has 3 aliphatic carbocycles. The molecule has 0 aromatic heterocycles. The van der Waals surface area contributed by atoms with Gasteiger partial charge in [-0.15, -0.1) is 0 Å². The van der Waals surface area contributed by atoms with Crippen LogP contribution < -0.4 is 0 Å². The minimum Gasteiger partial charge on any atom is -0.299 e. The van der Waals surface area contributed by atoms with Crippen LogP contribution in [0.4, 0.5) is 0 Å². The van der Waals surface area contributed by atoms with Crippen LogP contribution >= 0.6 is 0 Å². The van der Waals surface area contributed by atoms with E-state index in [1.54, 1.807) is 6.08 Å². The average Bonchev–Trinajstić information content (AvgIpc) is 2.25. The fourth-order valence-electron chi connectivity index (χ4n) is 3.88. The van der Waals surface area contributed by atoms with Gasteiger partial charge in [-0.2, -0.15) is 0 Å². The second-order valence-electron chi connectivity index (χ2n) is 7.00. The van der Waals surface area contributed by atoms with Crippen LogP contribution in [0.1, 0.15) is 46.5 Å².